The van der Waals surface area contributed by atoms with Gasteiger partial charge in [0, 0.05) is 14.1 Å². The summed E-state index contributed by atoms with van der Waals surface area (Å²) in [6.07, 6.45) is 0. The molecule has 0 spiro atoms. The number of nitrogens with zero attached hydrogens (tertiary/aromatic N) is 5. The lowest BCUT2D eigenvalue weighted by Crippen LogP contribution is -2.34. The Labute approximate surface area is 232 Å². The summed E-state index contributed by atoms with van der Waals surface area (Å²) in [6.45, 7) is 0. The molecule has 6 rings (SSSR count). The van der Waals surface area contributed by atoms with Gasteiger partial charge in [0.1, 0.15) is 12.1 Å². The Balaban J connectivity index is 1.47. The van der Waals surface area contributed by atoms with Gasteiger partial charge in [0.05, 0.1) is 26.2 Å². The molecule has 0 unspecified atom stereocenters. The van der Waals surface area contributed by atoms with Crippen LogP contribution in [0.25, 0.3) is 0 Å². The maximum atomic E-state index is 5.44. The Morgan fingerprint density at radius 1 is 0.487 bits per heavy atom. The Morgan fingerprint density at radius 3 is 1.26 bits per heavy atom. The number of aliphatic imine (C=N–C) groups is 1. The molecule has 0 aromatic heterocycles. The lowest BCUT2D eigenvalue weighted by atomic mass is 9.93. The molecule has 2 heterocycles. The van der Waals surface area contributed by atoms with E-state index < -0.39 is 0 Å². The average molecular weight is 515 g/mol. The molecule has 0 bridgehead atoms. The van der Waals surface area contributed by atoms with Gasteiger partial charge in [-0.3, -0.25) is 9.48 Å². The lowest BCUT2D eigenvalue weighted by molar-refractivity contribution is -0.539. The van der Waals surface area contributed by atoms with E-state index in [1.54, 1.807) is 0 Å². The largest absolute Gasteiger partial charge is 0.393 e. The monoisotopic (exact) mass is 514 g/mol. The predicted molar refractivity (Wildman–Crippen MR) is 159 cm³/mol. The number of rotatable bonds is 4. The highest BCUT2D eigenvalue weighted by atomic mass is 15.5. The van der Waals surface area contributed by atoms with Gasteiger partial charge in [-0.2, -0.15) is 0 Å². The lowest BCUT2D eigenvalue weighted by Gasteiger charge is -2.26. The van der Waals surface area contributed by atoms with Crippen molar-refractivity contribution in [2.75, 3.05) is 28.2 Å². The van der Waals surface area contributed by atoms with E-state index in [1.165, 1.54) is 22.3 Å². The molecule has 1 fully saturated rings. The van der Waals surface area contributed by atoms with E-state index in [-0.39, 0.29) is 24.2 Å². The third-order valence-corrected chi connectivity index (χ3v) is 8.29. The first-order valence-electron chi connectivity index (χ1n) is 13.6. The molecule has 196 valence electrons. The molecule has 2 aliphatic heterocycles. The van der Waals surface area contributed by atoms with Gasteiger partial charge in [0.15, 0.2) is 0 Å². The third kappa shape index (κ3) is 4.38. The van der Waals surface area contributed by atoms with Crippen molar-refractivity contribution >= 4 is 11.9 Å². The molecule has 5 nitrogen and oxygen atoms in total. The number of hydrogen-bond donors (Lipinski definition) is 0. The molecule has 0 aliphatic carbocycles. The van der Waals surface area contributed by atoms with Gasteiger partial charge in [-0.1, -0.05) is 121 Å². The van der Waals surface area contributed by atoms with Gasteiger partial charge >= 0.3 is 5.96 Å². The van der Waals surface area contributed by atoms with E-state index in [9.17, 15) is 0 Å². The van der Waals surface area contributed by atoms with E-state index >= 15 is 0 Å². The van der Waals surface area contributed by atoms with Gasteiger partial charge in [0.25, 0.3) is 5.96 Å². The van der Waals surface area contributed by atoms with Crippen molar-refractivity contribution in [1.29, 1.82) is 0 Å². The first kappa shape index (κ1) is 24.9. The normalized spacial score (nSPS) is 23.1. The Bertz CT molecular complexity index is 1410. The summed E-state index contributed by atoms with van der Waals surface area (Å²) >= 11 is 0. The molecule has 0 radical (unpaired) electrons. The molecule has 4 aromatic carbocycles. The van der Waals surface area contributed by atoms with Crippen LogP contribution >= 0.6 is 0 Å². The fraction of sp³-hybridized carbons (Fsp3) is 0.235. The minimum absolute atomic E-state index is 0.143. The van der Waals surface area contributed by atoms with E-state index in [2.05, 4.69) is 169 Å². The minimum atomic E-state index is 0.143. The third-order valence-electron chi connectivity index (χ3n) is 8.29. The van der Waals surface area contributed by atoms with E-state index in [4.69, 9.17) is 4.99 Å². The summed E-state index contributed by atoms with van der Waals surface area (Å²) in [5.41, 5.74) is 5.14. The van der Waals surface area contributed by atoms with Crippen molar-refractivity contribution in [2.24, 2.45) is 4.99 Å². The first-order chi connectivity index (χ1) is 19.1. The molecule has 0 N–H and O–H groups in total. The minimum Gasteiger partial charge on any atom is -0.322 e. The topological polar surface area (TPSA) is 25.1 Å². The van der Waals surface area contributed by atoms with Gasteiger partial charge in [0.2, 0.25) is 0 Å². The maximum Gasteiger partial charge on any atom is 0.393 e. The zero-order chi connectivity index (χ0) is 26.9. The summed E-state index contributed by atoms with van der Waals surface area (Å²) in [6, 6.07) is 43.8. The van der Waals surface area contributed by atoms with Crippen LogP contribution in [-0.2, 0) is 0 Å². The van der Waals surface area contributed by atoms with Crippen molar-refractivity contribution in [2.45, 2.75) is 24.2 Å². The van der Waals surface area contributed by atoms with E-state index in [0.29, 0.717) is 0 Å². The highest BCUT2D eigenvalue weighted by Crippen LogP contribution is 2.44. The molecule has 2 aliphatic rings. The summed E-state index contributed by atoms with van der Waals surface area (Å²) in [5, 5.41) is 0. The van der Waals surface area contributed by atoms with Crippen LogP contribution in [0.2, 0.25) is 0 Å². The molecule has 0 saturated carbocycles. The van der Waals surface area contributed by atoms with Crippen molar-refractivity contribution in [1.82, 2.24) is 14.7 Å². The molecule has 4 aromatic rings. The van der Waals surface area contributed by atoms with Crippen LogP contribution in [0.3, 0.4) is 0 Å². The number of likely N-dealkylation sites (N-methyl/N-ethyl adjacent to an activating group) is 4. The van der Waals surface area contributed by atoms with Crippen LogP contribution in [0.15, 0.2) is 126 Å². The zero-order valence-corrected chi connectivity index (χ0v) is 23.1. The SMILES string of the molecule is CN1C(=NC2=[N+](C)[C@H](c3ccccc3)[C@@H](c3ccccc3)N2C)N(C)[C@H](c2ccccc2)[C@H]1c1ccccc1. The Morgan fingerprint density at radius 2 is 0.846 bits per heavy atom. The summed E-state index contributed by atoms with van der Waals surface area (Å²) in [4.78, 5) is 12.5. The van der Waals surface area contributed by atoms with E-state index in [0.717, 1.165) is 11.9 Å². The zero-order valence-electron chi connectivity index (χ0n) is 23.1. The molecule has 5 heteroatoms. The second-order valence-electron chi connectivity index (χ2n) is 10.6. The smallest absolute Gasteiger partial charge is 0.322 e. The fourth-order valence-electron chi connectivity index (χ4n) is 6.47. The predicted octanol–water partition coefficient (Wildman–Crippen LogP) is 6.13. The van der Waals surface area contributed by atoms with Crippen LogP contribution in [0, 0.1) is 0 Å². The molecule has 39 heavy (non-hydrogen) atoms. The quantitative estimate of drug-likeness (QED) is 0.307. The second kappa shape index (κ2) is 10.4. The van der Waals surface area contributed by atoms with Crippen LogP contribution in [0.1, 0.15) is 46.4 Å². The number of hydrogen-bond acceptors (Lipinski definition) is 2. The van der Waals surface area contributed by atoms with Gasteiger partial charge < -0.3 is 9.80 Å². The summed E-state index contributed by atoms with van der Waals surface area (Å²) in [5.74, 6) is 1.93. The maximum absolute atomic E-state index is 5.44. The molecular formula is C34H36N5+. The van der Waals surface area contributed by atoms with Crippen LogP contribution in [0.4, 0.5) is 0 Å². The second-order valence-corrected chi connectivity index (χ2v) is 10.6. The first-order valence-corrected chi connectivity index (χ1v) is 13.6. The van der Waals surface area contributed by atoms with Crippen molar-refractivity contribution in [3.8, 4) is 0 Å². The molecule has 4 atom stereocenters. The van der Waals surface area contributed by atoms with Crippen LogP contribution in [-0.4, -0.2) is 59.4 Å². The highest BCUT2D eigenvalue weighted by Gasteiger charge is 2.49. The number of benzene rings is 4. The fourth-order valence-corrected chi connectivity index (χ4v) is 6.47. The van der Waals surface area contributed by atoms with Crippen LogP contribution < -0.4 is 0 Å². The highest BCUT2D eigenvalue weighted by molar-refractivity contribution is 5.95. The Kier molecular flexibility index (Phi) is 6.65. The van der Waals surface area contributed by atoms with Crippen molar-refractivity contribution in [3.05, 3.63) is 144 Å². The molecular weight excluding hydrogens is 478 g/mol. The standard InChI is InChI=1S/C34H36N5/c1-36-29(25-17-9-5-10-18-25)30(26-19-11-6-12-20-26)37(2)33(36)35-34-38(3)31(27-21-13-7-14-22-27)32(39(34)4)28-23-15-8-16-24-28/h5-24,29-32H,1-4H3/q+1/t29-,30-,31-,32-/m1/s1. The van der Waals surface area contributed by atoms with E-state index in [1.807, 2.05) is 0 Å². The van der Waals surface area contributed by atoms with Gasteiger partial charge in [-0.25, -0.2) is 0 Å². The molecule has 0 amide bonds. The Hall–Kier alpha value is -4.38. The van der Waals surface area contributed by atoms with Gasteiger partial charge in [-0.15, -0.1) is 0 Å². The van der Waals surface area contributed by atoms with Crippen molar-refractivity contribution < 1.29 is 4.58 Å². The van der Waals surface area contributed by atoms with Crippen molar-refractivity contribution in [3.63, 3.8) is 0 Å². The average Bonchev–Trinajstić information content (AvgIpc) is 3.39. The summed E-state index contributed by atoms with van der Waals surface area (Å²) < 4.78 is 2.34. The van der Waals surface area contributed by atoms with Crippen LogP contribution in [0.5, 0.6) is 0 Å². The molecule has 1 saturated heterocycles. The van der Waals surface area contributed by atoms with Gasteiger partial charge in [-0.05, 0) is 27.2 Å². The summed E-state index contributed by atoms with van der Waals surface area (Å²) in [7, 11) is 8.70. The number of guanidine groups is 2.